The first-order valence-corrected chi connectivity index (χ1v) is 10.5. The maximum Gasteiger partial charge on any atom is 0.233 e. The highest BCUT2D eigenvalue weighted by Crippen LogP contribution is 2.30. The predicted molar refractivity (Wildman–Crippen MR) is 119 cm³/mol. The summed E-state index contributed by atoms with van der Waals surface area (Å²) in [5.41, 5.74) is 5.30. The summed E-state index contributed by atoms with van der Waals surface area (Å²) in [7, 11) is 0. The fourth-order valence-electron chi connectivity index (χ4n) is 3.17. The lowest BCUT2D eigenvalue weighted by Gasteiger charge is -2.14. The number of imidazole rings is 1. The molecule has 0 saturated carbocycles. The molecule has 0 unspecified atom stereocenters. The topological polar surface area (TPSA) is 46.9 Å². The molecule has 0 bridgehead atoms. The number of amides is 1. The number of hydrogen-bond donors (Lipinski definition) is 1. The predicted octanol–water partition coefficient (Wildman–Crippen LogP) is 5.13. The summed E-state index contributed by atoms with van der Waals surface area (Å²) in [4.78, 5) is 17.5. The van der Waals surface area contributed by atoms with Crippen LogP contribution in [0.1, 0.15) is 18.1 Å². The molecule has 29 heavy (non-hydrogen) atoms. The number of thioether (sulfide) groups is 1. The highest BCUT2D eigenvalue weighted by molar-refractivity contribution is 8.00. The molecule has 1 amide bonds. The minimum atomic E-state index is -0.264. The van der Waals surface area contributed by atoms with E-state index in [0.717, 1.165) is 27.4 Å². The molecule has 0 saturated heterocycles. The summed E-state index contributed by atoms with van der Waals surface area (Å²) >= 11 is 1.48. The van der Waals surface area contributed by atoms with Gasteiger partial charge in [-0.2, -0.15) is 0 Å². The van der Waals surface area contributed by atoms with Crippen LogP contribution in [0.4, 0.5) is 0 Å². The number of benzene rings is 3. The molecule has 4 nitrogen and oxygen atoms in total. The number of nitrogens with one attached hydrogen (secondary N) is 1. The highest BCUT2D eigenvalue weighted by Gasteiger charge is 2.20. The van der Waals surface area contributed by atoms with Crippen molar-refractivity contribution in [3.63, 3.8) is 0 Å². The average molecular weight is 402 g/mol. The maximum absolute atomic E-state index is 12.7. The van der Waals surface area contributed by atoms with Crippen LogP contribution >= 0.6 is 11.8 Å². The fourth-order valence-corrected chi connectivity index (χ4v) is 4.13. The summed E-state index contributed by atoms with van der Waals surface area (Å²) in [6, 6.07) is 26.4. The van der Waals surface area contributed by atoms with Gasteiger partial charge in [-0.05, 0) is 43.7 Å². The van der Waals surface area contributed by atoms with Gasteiger partial charge < -0.3 is 5.32 Å². The van der Waals surface area contributed by atoms with Crippen molar-refractivity contribution in [2.24, 2.45) is 0 Å². The number of carbonyl (C=O) groups is 1. The third-order valence-corrected chi connectivity index (χ3v) is 5.84. The van der Waals surface area contributed by atoms with E-state index in [0.29, 0.717) is 6.54 Å². The van der Waals surface area contributed by atoms with E-state index in [9.17, 15) is 4.79 Å². The SMILES string of the molecule is Cc1ccc(-n2c(S[C@@H](C)C(=O)NCc3ccccc3)nc3ccccc32)cc1. The van der Waals surface area contributed by atoms with Crippen LogP contribution in [0.5, 0.6) is 0 Å². The zero-order valence-corrected chi connectivity index (χ0v) is 17.3. The van der Waals surface area contributed by atoms with Crippen molar-refractivity contribution in [3.05, 3.63) is 90.0 Å². The second-order valence-electron chi connectivity index (χ2n) is 7.02. The van der Waals surface area contributed by atoms with Crippen LogP contribution in [0.25, 0.3) is 16.7 Å². The van der Waals surface area contributed by atoms with E-state index in [1.54, 1.807) is 0 Å². The molecular formula is C24H23N3OS. The minimum absolute atomic E-state index is 0.00126. The van der Waals surface area contributed by atoms with Crippen molar-refractivity contribution in [2.75, 3.05) is 0 Å². The van der Waals surface area contributed by atoms with Gasteiger partial charge in [-0.25, -0.2) is 4.98 Å². The molecule has 1 heterocycles. The molecule has 0 aliphatic rings. The van der Waals surface area contributed by atoms with E-state index in [1.165, 1.54) is 17.3 Å². The minimum Gasteiger partial charge on any atom is -0.351 e. The normalized spacial score (nSPS) is 12.1. The van der Waals surface area contributed by atoms with Gasteiger partial charge in [-0.1, -0.05) is 71.9 Å². The first kappa shape index (κ1) is 19.3. The summed E-state index contributed by atoms with van der Waals surface area (Å²) < 4.78 is 2.13. The van der Waals surface area contributed by atoms with Gasteiger partial charge in [0, 0.05) is 12.2 Å². The second-order valence-corrected chi connectivity index (χ2v) is 8.33. The summed E-state index contributed by atoms with van der Waals surface area (Å²) in [5, 5.41) is 3.58. The molecule has 0 spiro atoms. The molecule has 0 aliphatic carbocycles. The summed E-state index contributed by atoms with van der Waals surface area (Å²) in [5.74, 6) is 0.00126. The Labute approximate surface area is 175 Å². The number of nitrogens with zero attached hydrogens (tertiary/aromatic N) is 2. The van der Waals surface area contributed by atoms with E-state index < -0.39 is 0 Å². The lowest BCUT2D eigenvalue weighted by Crippen LogP contribution is -2.30. The largest absolute Gasteiger partial charge is 0.351 e. The number of rotatable bonds is 6. The number of para-hydroxylation sites is 2. The number of carbonyl (C=O) groups excluding carboxylic acids is 1. The first-order chi connectivity index (χ1) is 14.1. The van der Waals surface area contributed by atoms with Crippen LogP contribution in [-0.2, 0) is 11.3 Å². The Hall–Kier alpha value is -3.05. The van der Waals surface area contributed by atoms with E-state index in [4.69, 9.17) is 4.98 Å². The lowest BCUT2D eigenvalue weighted by atomic mass is 10.2. The Bertz CT molecular complexity index is 1120. The number of fused-ring (bicyclic) bond motifs is 1. The highest BCUT2D eigenvalue weighted by atomic mass is 32.2. The number of hydrogen-bond acceptors (Lipinski definition) is 3. The summed E-state index contributed by atoms with van der Waals surface area (Å²) in [6.45, 7) is 4.52. The van der Waals surface area contributed by atoms with Crippen LogP contribution in [0, 0.1) is 6.92 Å². The number of aromatic nitrogens is 2. The van der Waals surface area contributed by atoms with Crippen LogP contribution in [-0.4, -0.2) is 20.7 Å². The quantitative estimate of drug-likeness (QED) is 0.456. The Balaban J connectivity index is 1.57. The van der Waals surface area contributed by atoms with E-state index in [1.807, 2.05) is 55.5 Å². The van der Waals surface area contributed by atoms with E-state index in [2.05, 4.69) is 47.1 Å². The van der Waals surface area contributed by atoms with Gasteiger partial charge in [0.2, 0.25) is 5.91 Å². The van der Waals surface area contributed by atoms with E-state index >= 15 is 0 Å². The van der Waals surface area contributed by atoms with Crippen LogP contribution in [0.15, 0.2) is 84.0 Å². The van der Waals surface area contributed by atoms with Crippen molar-refractivity contribution in [3.8, 4) is 5.69 Å². The van der Waals surface area contributed by atoms with Crippen LogP contribution in [0.2, 0.25) is 0 Å². The van der Waals surface area contributed by atoms with Gasteiger partial charge in [-0.15, -0.1) is 0 Å². The Morgan fingerprint density at radius 3 is 2.45 bits per heavy atom. The number of aryl methyl sites for hydroxylation is 1. The van der Waals surface area contributed by atoms with Crippen LogP contribution < -0.4 is 5.32 Å². The van der Waals surface area contributed by atoms with Crippen molar-refractivity contribution >= 4 is 28.7 Å². The van der Waals surface area contributed by atoms with Crippen LogP contribution in [0.3, 0.4) is 0 Å². The fraction of sp³-hybridized carbons (Fsp3) is 0.167. The maximum atomic E-state index is 12.7. The standard InChI is InChI=1S/C24H23N3OS/c1-17-12-14-20(15-13-17)27-22-11-7-6-10-21(22)26-24(27)29-18(2)23(28)25-16-19-8-4-3-5-9-19/h3-15,18H,16H2,1-2H3,(H,25,28)/t18-/m0/s1. The molecule has 5 heteroatoms. The van der Waals surface area contributed by atoms with E-state index in [-0.39, 0.29) is 11.2 Å². The molecular weight excluding hydrogens is 378 g/mol. The third-order valence-electron chi connectivity index (χ3n) is 4.78. The molecule has 1 aromatic heterocycles. The van der Waals surface area contributed by atoms with Gasteiger partial charge in [0.05, 0.1) is 16.3 Å². The molecule has 0 radical (unpaired) electrons. The van der Waals surface area contributed by atoms with Crippen molar-refractivity contribution in [2.45, 2.75) is 30.8 Å². The Morgan fingerprint density at radius 1 is 1.00 bits per heavy atom. The zero-order chi connectivity index (χ0) is 20.2. The zero-order valence-electron chi connectivity index (χ0n) is 16.5. The molecule has 0 fully saturated rings. The molecule has 0 aliphatic heterocycles. The van der Waals surface area contributed by atoms with Gasteiger partial charge in [0.15, 0.2) is 5.16 Å². The van der Waals surface area contributed by atoms with Gasteiger partial charge in [0.1, 0.15) is 0 Å². The summed E-state index contributed by atoms with van der Waals surface area (Å²) in [6.07, 6.45) is 0. The Kier molecular flexibility index (Phi) is 5.67. The second kappa shape index (κ2) is 8.53. The first-order valence-electron chi connectivity index (χ1n) is 9.64. The van der Waals surface area contributed by atoms with Crippen molar-refractivity contribution in [1.29, 1.82) is 0 Å². The smallest absolute Gasteiger partial charge is 0.233 e. The van der Waals surface area contributed by atoms with Crippen molar-refractivity contribution < 1.29 is 4.79 Å². The van der Waals surface area contributed by atoms with Crippen molar-refractivity contribution in [1.82, 2.24) is 14.9 Å². The molecule has 1 atom stereocenters. The van der Waals surface area contributed by atoms with Gasteiger partial charge in [0.25, 0.3) is 0 Å². The Morgan fingerprint density at radius 2 is 1.69 bits per heavy atom. The lowest BCUT2D eigenvalue weighted by molar-refractivity contribution is -0.120. The monoisotopic (exact) mass is 401 g/mol. The third kappa shape index (κ3) is 4.35. The molecule has 146 valence electrons. The molecule has 4 rings (SSSR count). The van der Waals surface area contributed by atoms with Gasteiger partial charge in [-0.3, -0.25) is 9.36 Å². The molecule has 3 aromatic carbocycles. The van der Waals surface area contributed by atoms with Gasteiger partial charge >= 0.3 is 0 Å². The average Bonchev–Trinajstić information content (AvgIpc) is 3.11. The molecule has 4 aromatic rings. The molecule has 1 N–H and O–H groups in total.